The molecule has 0 bridgehead atoms. The largest absolute Gasteiger partial charge is 0.294 e. The van der Waals surface area contributed by atoms with E-state index in [-0.39, 0.29) is 12.2 Å². The third kappa shape index (κ3) is 2.79. The van der Waals surface area contributed by atoms with E-state index in [0.717, 1.165) is 23.0 Å². The summed E-state index contributed by atoms with van der Waals surface area (Å²) in [5.41, 5.74) is 1.68. The fourth-order valence-electron chi connectivity index (χ4n) is 2.18. The van der Waals surface area contributed by atoms with Gasteiger partial charge in [-0.1, -0.05) is 24.3 Å². The summed E-state index contributed by atoms with van der Waals surface area (Å²) in [6, 6.07) is 12.5. The van der Waals surface area contributed by atoms with Gasteiger partial charge in [-0.15, -0.1) is 0 Å². The summed E-state index contributed by atoms with van der Waals surface area (Å²) in [6.07, 6.45) is 1.68. The topological polar surface area (TPSA) is 30.0 Å². The fraction of sp³-hybridized carbons (Fsp3) is 0.0588. The molecule has 104 valence electrons. The minimum Gasteiger partial charge on any atom is -0.294 e. The van der Waals surface area contributed by atoms with Crippen molar-refractivity contribution in [2.24, 2.45) is 0 Å². The predicted octanol–water partition coefficient (Wildman–Crippen LogP) is 3.94. The molecule has 1 heterocycles. The summed E-state index contributed by atoms with van der Waals surface area (Å²) in [4.78, 5) is 16.4. The van der Waals surface area contributed by atoms with Gasteiger partial charge in [-0.2, -0.15) is 0 Å². The molecule has 3 rings (SSSR count). The molecular formula is C17H11F2NO. The van der Waals surface area contributed by atoms with E-state index in [9.17, 15) is 13.6 Å². The smallest absolute Gasteiger partial charge is 0.167 e. The molecular weight excluding hydrogens is 272 g/mol. The fourth-order valence-corrected chi connectivity index (χ4v) is 2.18. The maximum atomic E-state index is 13.1. The molecule has 0 fully saturated rings. The normalized spacial score (nSPS) is 10.8. The van der Waals surface area contributed by atoms with Gasteiger partial charge in [0.05, 0.1) is 5.52 Å². The van der Waals surface area contributed by atoms with E-state index in [0.29, 0.717) is 11.1 Å². The molecule has 0 atom stereocenters. The molecule has 0 aliphatic rings. The van der Waals surface area contributed by atoms with Crippen molar-refractivity contribution in [1.29, 1.82) is 0 Å². The van der Waals surface area contributed by atoms with Crippen molar-refractivity contribution in [2.75, 3.05) is 0 Å². The molecule has 4 heteroatoms. The molecule has 0 spiro atoms. The van der Waals surface area contributed by atoms with Crippen LogP contribution in [0.25, 0.3) is 10.9 Å². The van der Waals surface area contributed by atoms with Crippen LogP contribution in [0.15, 0.2) is 54.7 Å². The summed E-state index contributed by atoms with van der Waals surface area (Å²) in [7, 11) is 0. The summed E-state index contributed by atoms with van der Waals surface area (Å²) < 4.78 is 26.0. The lowest BCUT2D eigenvalue weighted by molar-refractivity contribution is 0.0993. The SMILES string of the molecule is O=C(Cc1ccc(F)c(F)c1)c1ccc2cccnc2c1. The van der Waals surface area contributed by atoms with Crippen molar-refractivity contribution in [1.82, 2.24) is 4.98 Å². The van der Waals surface area contributed by atoms with Crippen LogP contribution in [0.2, 0.25) is 0 Å². The van der Waals surface area contributed by atoms with E-state index in [1.54, 1.807) is 18.3 Å². The first-order valence-electron chi connectivity index (χ1n) is 6.45. The molecule has 2 aromatic carbocycles. The van der Waals surface area contributed by atoms with Crippen LogP contribution in [-0.2, 0) is 6.42 Å². The average Bonchev–Trinajstić information content (AvgIpc) is 2.50. The van der Waals surface area contributed by atoms with E-state index in [2.05, 4.69) is 4.98 Å². The number of hydrogen-bond donors (Lipinski definition) is 0. The Hall–Kier alpha value is -2.62. The van der Waals surface area contributed by atoms with Crippen LogP contribution >= 0.6 is 0 Å². The van der Waals surface area contributed by atoms with Gasteiger partial charge in [-0.3, -0.25) is 9.78 Å². The van der Waals surface area contributed by atoms with E-state index in [1.165, 1.54) is 6.07 Å². The summed E-state index contributed by atoms with van der Waals surface area (Å²) in [5, 5.41) is 0.946. The van der Waals surface area contributed by atoms with E-state index >= 15 is 0 Å². The number of hydrogen-bond acceptors (Lipinski definition) is 2. The van der Waals surface area contributed by atoms with Gasteiger partial charge in [0, 0.05) is 23.6 Å². The standard InChI is InChI=1S/C17H11F2NO/c18-14-6-3-11(8-15(14)19)9-17(21)13-5-4-12-2-1-7-20-16(12)10-13/h1-8,10H,9H2. The van der Waals surface area contributed by atoms with E-state index < -0.39 is 11.6 Å². The maximum absolute atomic E-state index is 13.1. The Labute approximate surface area is 120 Å². The summed E-state index contributed by atoms with van der Waals surface area (Å²) in [5.74, 6) is -2.02. The van der Waals surface area contributed by atoms with Crippen LogP contribution in [0.3, 0.4) is 0 Å². The lowest BCUT2D eigenvalue weighted by Gasteiger charge is -2.04. The van der Waals surface area contributed by atoms with Gasteiger partial charge in [-0.25, -0.2) is 8.78 Å². The first-order valence-corrected chi connectivity index (χ1v) is 6.45. The minimum absolute atomic E-state index is 0.0234. The van der Waals surface area contributed by atoms with Gasteiger partial charge in [0.15, 0.2) is 17.4 Å². The Morgan fingerprint density at radius 2 is 1.86 bits per heavy atom. The van der Waals surface area contributed by atoms with Crippen LogP contribution in [0, 0.1) is 11.6 Å². The van der Waals surface area contributed by atoms with Crippen molar-refractivity contribution >= 4 is 16.7 Å². The number of rotatable bonds is 3. The second-order valence-electron chi connectivity index (χ2n) is 4.76. The van der Waals surface area contributed by atoms with Gasteiger partial charge in [0.2, 0.25) is 0 Å². The lowest BCUT2D eigenvalue weighted by Crippen LogP contribution is -2.04. The molecule has 0 N–H and O–H groups in total. The zero-order valence-corrected chi connectivity index (χ0v) is 11.0. The number of halogens is 2. The van der Waals surface area contributed by atoms with Crippen LogP contribution < -0.4 is 0 Å². The van der Waals surface area contributed by atoms with Crippen molar-refractivity contribution in [2.45, 2.75) is 6.42 Å². The summed E-state index contributed by atoms with van der Waals surface area (Å²) in [6.45, 7) is 0. The molecule has 21 heavy (non-hydrogen) atoms. The molecule has 1 aromatic heterocycles. The number of nitrogens with zero attached hydrogens (tertiary/aromatic N) is 1. The van der Waals surface area contributed by atoms with Crippen LogP contribution in [-0.4, -0.2) is 10.8 Å². The molecule has 0 amide bonds. The van der Waals surface area contributed by atoms with Crippen LogP contribution in [0.1, 0.15) is 15.9 Å². The molecule has 2 nitrogen and oxygen atoms in total. The zero-order valence-electron chi connectivity index (χ0n) is 11.0. The highest BCUT2D eigenvalue weighted by atomic mass is 19.2. The Bertz CT molecular complexity index is 830. The maximum Gasteiger partial charge on any atom is 0.167 e. The second kappa shape index (κ2) is 5.40. The number of Topliss-reactive ketones (excluding diaryl/α,β-unsaturated/α-hetero) is 1. The van der Waals surface area contributed by atoms with Gasteiger partial charge in [0.1, 0.15) is 0 Å². The lowest BCUT2D eigenvalue weighted by atomic mass is 10.0. The van der Waals surface area contributed by atoms with Crippen molar-refractivity contribution in [3.05, 3.63) is 77.5 Å². The van der Waals surface area contributed by atoms with E-state index in [4.69, 9.17) is 0 Å². The van der Waals surface area contributed by atoms with Crippen LogP contribution in [0.4, 0.5) is 8.78 Å². The molecule has 0 unspecified atom stereocenters. The van der Waals surface area contributed by atoms with Crippen LogP contribution in [0.5, 0.6) is 0 Å². The second-order valence-corrected chi connectivity index (χ2v) is 4.76. The molecule has 0 aliphatic heterocycles. The van der Waals surface area contributed by atoms with Gasteiger partial charge < -0.3 is 0 Å². The van der Waals surface area contributed by atoms with Crippen molar-refractivity contribution in [3.8, 4) is 0 Å². The summed E-state index contributed by atoms with van der Waals surface area (Å²) >= 11 is 0. The molecule has 0 saturated carbocycles. The predicted molar refractivity (Wildman–Crippen MR) is 76.1 cm³/mol. The number of benzene rings is 2. The number of pyridine rings is 1. The zero-order chi connectivity index (χ0) is 14.8. The van der Waals surface area contributed by atoms with Crippen molar-refractivity contribution in [3.63, 3.8) is 0 Å². The molecule has 0 radical (unpaired) electrons. The third-order valence-electron chi connectivity index (χ3n) is 3.28. The Balaban J connectivity index is 1.87. The monoisotopic (exact) mass is 283 g/mol. The van der Waals surface area contributed by atoms with Crippen molar-refractivity contribution < 1.29 is 13.6 Å². The minimum atomic E-state index is -0.944. The Morgan fingerprint density at radius 1 is 1.00 bits per heavy atom. The number of ketones is 1. The third-order valence-corrected chi connectivity index (χ3v) is 3.28. The first kappa shape index (κ1) is 13.4. The number of carbonyl (C=O) groups excluding carboxylic acids is 1. The van der Waals surface area contributed by atoms with E-state index in [1.807, 2.05) is 18.2 Å². The molecule has 3 aromatic rings. The molecule has 0 aliphatic carbocycles. The highest BCUT2D eigenvalue weighted by Crippen LogP contribution is 2.16. The highest BCUT2D eigenvalue weighted by Gasteiger charge is 2.10. The van der Waals surface area contributed by atoms with Gasteiger partial charge >= 0.3 is 0 Å². The van der Waals surface area contributed by atoms with Gasteiger partial charge in [-0.05, 0) is 29.8 Å². The highest BCUT2D eigenvalue weighted by molar-refractivity contribution is 6.00. The number of carbonyl (C=O) groups is 1. The first-order chi connectivity index (χ1) is 10.1. The Kier molecular flexibility index (Phi) is 3.44. The molecule has 0 saturated heterocycles. The quantitative estimate of drug-likeness (QED) is 0.681. The Morgan fingerprint density at radius 3 is 2.67 bits per heavy atom. The van der Waals surface area contributed by atoms with Gasteiger partial charge in [0.25, 0.3) is 0 Å². The number of aromatic nitrogens is 1. The number of fused-ring (bicyclic) bond motifs is 1. The average molecular weight is 283 g/mol.